The van der Waals surface area contributed by atoms with E-state index in [2.05, 4.69) is 31.4 Å². The number of esters is 1. The van der Waals surface area contributed by atoms with Crippen molar-refractivity contribution in [2.24, 2.45) is 11.3 Å². The molecule has 0 radical (unpaired) electrons. The van der Waals surface area contributed by atoms with E-state index in [0.29, 0.717) is 18.6 Å². The van der Waals surface area contributed by atoms with Gasteiger partial charge in [0, 0.05) is 0 Å². The largest absolute Gasteiger partial charge is 0.467 e. The maximum Gasteiger partial charge on any atom is 0.327 e. The summed E-state index contributed by atoms with van der Waals surface area (Å²) >= 11 is 0. The van der Waals surface area contributed by atoms with Crippen molar-refractivity contribution >= 4 is 23.8 Å². The standard InChI is InChI=1S/C21H29N3O6/c1-13-8-20(3,4)12-21(9-13)18(27)24(19(28)23-21)11-16(25)30-14(2)17(26)22-10-15-6-5-7-29-15/h5-7,13-14H,8-12H2,1-4H3,(H,22,26)(H,23,28)/t13-,14+,21+/m1/s1. The van der Waals surface area contributed by atoms with Gasteiger partial charge in [-0.15, -0.1) is 0 Å². The smallest absolute Gasteiger partial charge is 0.327 e. The molecule has 9 heteroatoms. The molecule has 30 heavy (non-hydrogen) atoms. The molecule has 2 fully saturated rings. The van der Waals surface area contributed by atoms with E-state index in [4.69, 9.17) is 9.15 Å². The molecule has 1 aromatic heterocycles. The maximum absolute atomic E-state index is 13.1. The Morgan fingerprint density at radius 2 is 2.10 bits per heavy atom. The second-order valence-electron chi connectivity index (χ2n) is 9.19. The lowest BCUT2D eigenvalue weighted by Crippen LogP contribution is -2.54. The van der Waals surface area contributed by atoms with Crippen LogP contribution in [-0.4, -0.2) is 46.9 Å². The summed E-state index contributed by atoms with van der Waals surface area (Å²) in [5.41, 5.74) is -1.08. The minimum atomic E-state index is -1.07. The van der Waals surface area contributed by atoms with Gasteiger partial charge in [0.15, 0.2) is 6.10 Å². The number of rotatable bonds is 6. The predicted molar refractivity (Wildman–Crippen MR) is 106 cm³/mol. The van der Waals surface area contributed by atoms with Crippen LogP contribution >= 0.6 is 0 Å². The number of hydrogen-bond donors (Lipinski definition) is 2. The van der Waals surface area contributed by atoms with Crippen LogP contribution in [0.25, 0.3) is 0 Å². The minimum absolute atomic E-state index is 0.0995. The molecule has 1 aromatic rings. The first kappa shape index (κ1) is 21.9. The van der Waals surface area contributed by atoms with Gasteiger partial charge < -0.3 is 19.8 Å². The average molecular weight is 419 g/mol. The topological polar surface area (TPSA) is 118 Å². The second-order valence-corrected chi connectivity index (χ2v) is 9.19. The molecule has 3 atom stereocenters. The highest BCUT2D eigenvalue weighted by Gasteiger charge is 2.56. The van der Waals surface area contributed by atoms with E-state index in [1.54, 1.807) is 12.1 Å². The van der Waals surface area contributed by atoms with Crippen LogP contribution in [0.1, 0.15) is 52.7 Å². The molecule has 0 aromatic carbocycles. The first-order chi connectivity index (χ1) is 14.0. The zero-order valence-corrected chi connectivity index (χ0v) is 17.8. The van der Waals surface area contributed by atoms with Gasteiger partial charge in [-0.2, -0.15) is 0 Å². The molecular weight excluding hydrogens is 390 g/mol. The Morgan fingerprint density at radius 1 is 1.37 bits per heavy atom. The molecule has 2 heterocycles. The lowest BCUT2D eigenvalue weighted by Gasteiger charge is -2.43. The zero-order chi connectivity index (χ0) is 22.1. The lowest BCUT2D eigenvalue weighted by molar-refractivity contribution is -0.157. The van der Waals surface area contributed by atoms with Gasteiger partial charge in [0.1, 0.15) is 17.8 Å². The highest BCUT2D eigenvalue weighted by molar-refractivity contribution is 6.08. The molecule has 1 spiro atoms. The Kier molecular flexibility index (Phi) is 5.92. The molecule has 0 bridgehead atoms. The van der Waals surface area contributed by atoms with E-state index in [9.17, 15) is 19.2 Å². The molecule has 1 aliphatic heterocycles. The van der Waals surface area contributed by atoms with Gasteiger partial charge in [0.2, 0.25) is 0 Å². The molecule has 2 aliphatic rings. The first-order valence-electron chi connectivity index (χ1n) is 10.1. The first-order valence-corrected chi connectivity index (χ1v) is 10.1. The Balaban J connectivity index is 1.56. The molecule has 9 nitrogen and oxygen atoms in total. The van der Waals surface area contributed by atoms with E-state index >= 15 is 0 Å². The van der Waals surface area contributed by atoms with Gasteiger partial charge in [-0.1, -0.05) is 20.8 Å². The van der Waals surface area contributed by atoms with E-state index in [0.717, 1.165) is 11.3 Å². The van der Waals surface area contributed by atoms with Gasteiger partial charge in [-0.25, -0.2) is 4.79 Å². The van der Waals surface area contributed by atoms with Crippen molar-refractivity contribution in [3.8, 4) is 0 Å². The van der Waals surface area contributed by atoms with Gasteiger partial charge in [-0.3, -0.25) is 19.3 Å². The number of carbonyl (C=O) groups excluding carboxylic acids is 4. The van der Waals surface area contributed by atoms with E-state index in [-0.39, 0.29) is 17.9 Å². The monoisotopic (exact) mass is 419 g/mol. The predicted octanol–water partition coefficient (Wildman–Crippen LogP) is 1.96. The normalized spacial score (nSPS) is 26.4. The summed E-state index contributed by atoms with van der Waals surface area (Å²) in [5, 5.41) is 5.40. The average Bonchev–Trinajstić information content (AvgIpc) is 3.21. The Bertz CT molecular complexity index is 834. The number of furan rings is 1. The number of amides is 4. The van der Waals surface area contributed by atoms with Gasteiger partial charge in [-0.05, 0) is 49.7 Å². The summed E-state index contributed by atoms with van der Waals surface area (Å²) in [6.45, 7) is 7.26. The van der Waals surface area contributed by atoms with Crippen LogP contribution in [0, 0.1) is 11.3 Å². The van der Waals surface area contributed by atoms with Crippen LogP contribution in [0.4, 0.5) is 4.79 Å². The van der Waals surface area contributed by atoms with Gasteiger partial charge in [0.05, 0.1) is 12.8 Å². The van der Waals surface area contributed by atoms with E-state index in [1.807, 2.05) is 0 Å². The van der Waals surface area contributed by atoms with Crippen molar-refractivity contribution in [3.05, 3.63) is 24.2 Å². The summed E-state index contributed by atoms with van der Waals surface area (Å²) in [7, 11) is 0. The zero-order valence-electron chi connectivity index (χ0n) is 17.8. The van der Waals surface area contributed by atoms with Gasteiger partial charge in [0.25, 0.3) is 11.8 Å². The Labute approximate surface area is 175 Å². The fraction of sp³-hybridized carbons (Fsp3) is 0.619. The Hall–Kier alpha value is -2.84. The highest BCUT2D eigenvalue weighted by Crippen LogP contribution is 2.46. The van der Waals surface area contributed by atoms with Crippen LogP contribution in [0.5, 0.6) is 0 Å². The SMILES string of the molecule is C[C@@H]1CC(C)(C)C[C@]2(C1)NC(=O)N(CC(=O)O[C@@H](C)C(=O)NCc1ccco1)C2=O. The third-order valence-corrected chi connectivity index (χ3v) is 5.61. The molecule has 3 rings (SSSR count). The second kappa shape index (κ2) is 8.12. The third kappa shape index (κ3) is 4.66. The summed E-state index contributed by atoms with van der Waals surface area (Å²) in [6.07, 6.45) is 2.44. The number of nitrogens with zero attached hydrogens (tertiary/aromatic N) is 1. The maximum atomic E-state index is 13.1. The van der Waals surface area contributed by atoms with Crippen LogP contribution < -0.4 is 10.6 Å². The number of carbonyl (C=O) groups is 4. The van der Waals surface area contributed by atoms with Crippen molar-refractivity contribution in [2.75, 3.05) is 6.54 Å². The van der Waals surface area contributed by atoms with Crippen LogP contribution in [-0.2, 0) is 25.7 Å². The quantitative estimate of drug-likeness (QED) is 0.538. The summed E-state index contributed by atoms with van der Waals surface area (Å²) in [5.74, 6) is -0.895. The molecule has 0 unspecified atom stereocenters. The number of hydrogen-bond acceptors (Lipinski definition) is 6. The number of ether oxygens (including phenoxy) is 1. The molecule has 164 valence electrons. The van der Waals surface area contributed by atoms with Crippen LogP contribution in [0.2, 0.25) is 0 Å². The lowest BCUT2D eigenvalue weighted by atomic mass is 9.64. The molecule has 1 saturated heterocycles. The minimum Gasteiger partial charge on any atom is -0.467 e. The third-order valence-electron chi connectivity index (χ3n) is 5.61. The van der Waals surface area contributed by atoms with E-state index in [1.165, 1.54) is 13.2 Å². The number of imide groups is 1. The van der Waals surface area contributed by atoms with Crippen LogP contribution in [0.3, 0.4) is 0 Å². The molecule has 1 aliphatic carbocycles. The van der Waals surface area contributed by atoms with Crippen molar-refractivity contribution in [1.82, 2.24) is 15.5 Å². The summed E-state index contributed by atoms with van der Waals surface area (Å²) in [4.78, 5) is 50.8. The number of urea groups is 1. The van der Waals surface area contributed by atoms with Crippen molar-refractivity contribution in [1.29, 1.82) is 0 Å². The van der Waals surface area contributed by atoms with Crippen molar-refractivity contribution < 1.29 is 28.3 Å². The molecule has 1 saturated carbocycles. The molecule has 4 amide bonds. The Morgan fingerprint density at radius 3 is 2.73 bits per heavy atom. The van der Waals surface area contributed by atoms with Gasteiger partial charge >= 0.3 is 12.0 Å². The van der Waals surface area contributed by atoms with Crippen LogP contribution in [0.15, 0.2) is 22.8 Å². The highest BCUT2D eigenvalue weighted by atomic mass is 16.5. The summed E-state index contributed by atoms with van der Waals surface area (Å²) in [6, 6.07) is 2.80. The fourth-order valence-corrected chi connectivity index (χ4v) is 4.80. The molecule has 2 N–H and O–H groups in total. The van der Waals surface area contributed by atoms with E-state index < -0.39 is 42.0 Å². The van der Waals surface area contributed by atoms with Crippen molar-refractivity contribution in [3.63, 3.8) is 0 Å². The summed E-state index contributed by atoms with van der Waals surface area (Å²) < 4.78 is 10.2. The number of nitrogens with one attached hydrogen (secondary N) is 2. The van der Waals surface area contributed by atoms with Crippen molar-refractivity contribution in [2.45, 2.75) is 65.1 Å². The molecular formula is C21H29N3O6. The fourth-order valence-electron chi connectivity index (χ4n) is 4.80.